The maximum atomic E-state index is 5.91. The van der Waals surface area contributed by atoms with E-state index in [4.69, 9.17) is 8.85 Å². The van der Waals surface area contributed by atoms with Gasteiger partial charge in [-0.15, -0.1) is 0 Å². The zero-order valence-electron chi connectivity index (χ0n) is 15.6. The molecule has 0 N–H and O–H groups in total. The molecule has 0 radical (unpaired) electrons. The summed E-state index contributed by atoms with van der Waals surface area (Å²) >= 11 is 0. The van der Waals surface area contributed by atoms with Crippen molar-refractivity contribution < 1.29 is 8.85 Å². The van der Waals surface area contributed by atoms with Crippen LogP contribution in [0.3, 0.4) is 0 Å². The lowest BCUT2D eigenvalue weighted by molar-refractivity contribution is 0.338. The Labute approximate surface area is 147 Å². The molecule has 6 heteroatoms. The van der Waals surface area contributed by atoms with Crippen LogP contribution in [0.2, 0.25) is 26.2 Å². The van der Waals surface area contributed by atoms with Crippen LogP contribution in [0.1, 0.15) is 13.8 Å². The van der Waals surface area contributed by atoms with Crippen LogP contribution in [0.15, 0.2) is 36.7 Å². The highest BCUT2D eigenvalue weighted by Gasteiger charge is 2.26. The van der Waals surface area contributed by atoms with Crippen LogP contribution in [0.25, 0.3) is 11.4 Å². The molecule has 0 aromatic carbocycles. The fraction of sp³-hybridized carbons (Fsp3) is 0.444. The Balaban J connectivity index is 2.21. The molecule has 2 aromatic rings. The highest BCUT2D eigenvalue weighted by atomic mass is 28.4. The molecular weight excluding hydrogens is 332 g/mol. The first-order valence-corrected chi connectivity index (χ1v) is 14.3. The number of rotatable bonds is 7. The van der Waals surface area contributed by atoms with Gasteiger partial charge in [0.1, 0.15) is 0 Å². The summed E-state index contributed by atoms with van der Waals surface area (Å²) in [5.74, 6) is 0. The first-order valence-electron chi connectivity index (χ1n) is 8.51. The first-order chi connectivity index (χ1) is 11.3. The summed E-state index contributed by atoms with van der Waals surface area (Å²) in [6, 6.07) is 8.32. The maximum absolute atomic E-state index is 5.91. The van der Waals surface area contributed by atoms with Crippen LogP contribution in [-0.2, 0) is 8.85 Å². The summed E-state index contributed by atoms with van der Waals surface area (Å²) in [4.78, 5) is 9.20. The SMILES string of the molecule is CCO[Si](C)(C)c1ccc(-c2ccc([Si](C)(C)OCC)cn2)nc1. The van der Waals surface area contributed by atoms with Gasteiger partial charge in [-0.2, -0.15) is 0 Å². The molecule has 0 spiro atoms. The summed E-state index contributed by atoms with van der Waals surface area (Å²) in [7, 11) is -3.68. The topological polar surface area (TPSA) is 44.2 Å². The van der Waals surface area contributed by atoms with Gasteiger partial charge < -0.3 is 8.85 Å². The molecule has 0 aliphatic carbocycles. The lowest BCUT2D eigenvalue weighted by Gasteiger charge is -2.22. The molecule has 0 saturated heterocycles. The quantitative estimate of drug-likeness (QED) is 0.712. The normalized spacial score (nSPS) is 12.4. The van der Waals surface area contributed by atoms with Crippen molar-refractivity contribution in [2.24, 2.45) is 0 Å². The van der Waals surface area contributed by atoms with Crippen molar-refractivity contribution in [3.05, 3.63) is 36.7 Å². The van der Waals surface area contributed by atoms with Gasteiger partial charge in [0, 0.05) is 25.6 Å². The minimum atomic E-state index is -1.84. The molecule has 0 bridgehead atoms. The van der Waals surface area contributed by atoms with Crippen LogP contribution in [0.5, 0.6) is 0 Å². The van der Waals surface area contributed by atoms with Gasteiger partial charge in [-0.3, -0.25) is 9.97 Å². The predicted octanol–water partition coefficient (Wildman–Crippen LogP) is 3.04. The molecule has 0 amide bonds. The Bertz CT molecular complexity index is 596. The van der Waals surface area contributed by atoms with E-state index in [2.05, 4.69) is 48.3 Å². The molecule has 0 fully saturated rings. The van der Waals surface area contributed by atoms with Crippen molar-refractivity contribution in [3.63, 3.8) is 0 Å². The van der Waals surface area contributed by atoms with Gasteiger partial charge in [0.15, 0.2) is 0 Å². The van der Waals surface area contributed by atoms with Crippen molar-refractivity contribution in [2.45, 2.75) is 40.0 Å². The molecule has 2 aromatic heterocycles. The minimum absolute atomic E-state index is 0.740. The summed E-state index contributed by atoms with van der Waals surface area (Å²) in [6.45, 7) is 14.3. The largest absolute Gasteiger partial charge is 0.413 e. The molecule has 0 aliphatic heterocycles. The van der Waals surface area contributed by atoms with Crippen LogP contribution in [0, 0.1) is 0 Å². The van der Waals surface area contributed by atoms with Gasteiger partial charge in [-0.05, 0) is 62.5 Å². The smallest absolute Gasteiger partial charge is 0.219 e. The van der Waals surface area contributed by atoms with Gasteiger partial charge in [0.2, 0.25) is 16.6 Å². The summed E-state index contributed by atoms with van der Waals surface area (Å²) in [5.41, 5.74) is 1.78. The fourth-order valence-electron chi connectivity index (χ4n) is 2.69. The van der Waals surface area contributed by atoms with E-state index >= 15 is 0 Å². The third-order valence-electron chi connectivity index (χ3n) is 4.19. The Morgan fingerprint density at radius 2 is 1.08 bits per heavy atom. The van der Waals surface area contributed by atoms with E-state index in [-0.39, 0.29) is 0 Å². The average molecular weight is 361 g/mol. The molecular formula is C18H28N2O2Si2. The van der Waals surface area contributed by atoms with Crippen LogP contribution in [0.4, 0.5) is 0 Å². The van der Waals surface area contributed by atoms with Gasteiger partial charge in [0.25, 0.3) is 0 Å². The van der Waals surface area contributed by atoms with E-state index in [0.717, 1.165) is 24.6 Å². The third-order valence-corrected chi connectivity index (χ3v) is 9.58. The van der Waals surface area contributed by atoms with Crippen LogP contribution < -0.4 is 10.4 Å². The Hall–Kier alpha value is -1.35. The van der Waals surface area contributed by atoms with E-state index < -0.39 is 16.6 Å². The highest BCUT2D eigenvalue weighted by Crippen LogP contribution is 2.14. The van der Waals surface area contributed by atoms with E-state index in [1.165, 1.54) is 10.4 Å². The molecule has 0 unspecified atom stereocenters. The van der Waals surface area contributed by atoms with Crippen molar-refractivity contribution in [1.82, 2.24) is 9.97 Å². The molecule has 24 heavy (non-hydrogen) atoms. The second-order valence-corrected chi connectivity index (χ2v) is 14.5. The highest BCUT2D eigenvalue weighted by molar-refractivity contribution is 6.84. The molecule has 0 aliphatic rings. The van der Waals surface area contributed by atoms with Crippen molar-refractivity contribution in [1.29, 1.82) is 0 Å². The molecule has 0 atom stereocenters. The Morgan fingerprint density at radius 1 is 0.708 bits per heavy atom. The van der Waals surface area contributed by atoms with Crippen molar-refractivity contribution in [3.8, 4) is 11.4 Å². The number of nitrogens with zero attached hydrogens (tertiary/aromatic N) is 2. The van der Waals surface area contributed by atoms with Crippen molar-refractivity contribution >= 4 is 27.0 Å². The monoisotopic (exact) mass is 360 g/mol. The molecule has 130 valence electrons. The zero-order chi connectivity index (χ0) is 17.8. The third kappa shape index (κ3) is 4.39. The molecule has 4 nitrogen and oxygen atoms in total. The summed E-state index contributed by atoms with van der Waals surface area (Å²) in [6.07, 6.45) is 3.87. The zero-order valence-corrected chi connectivity index (χ0v) is 17.6. The number of pyridine rings is 2. The van der Waals surface area contributed by atoms with E-state index in [0.29, 0.717) is 0 Å². The van der Waals surface area contributed by atoms with Gasteiger partial charge in [0.05, 0.1) is 11.4 Å². The second kappa shape index (κ2) is 7.69. The van der Waals surface area contributed by atoms with E-state index in [1.54, 1.807) is 0 Å². The van der Waals surface area contributed by atoms with Gasteiger partial charge in [-0.25, -0.2) is 0 Å². The first kappa shape index (κ1) is 19.0. The molecule has 0 saturated carbocycles. The average Bonchev–Trinajstić information content (AvgIpc) is 2.55. The van der Waals surface area contributed by atoms with Crippen LogP contribution >= 0.6 is 0 Å². The maximum Gasteiger partial charge on any atom is 0.219 e. The molecule has 2 rings (SSSR count). The Kier molecular flexibility index (Phi) is 6.08. The van der Waals surface area contributed by atoms with Crippen molar-refractivity contribution in [2.75, 3.05) is 13.2 Å². The van der Waals surface area contributed by atoms with E-state index in [9.17, 15) is 0 Å². The predicted molar refractivity (Wildman–Crippen MR) is 105 cm³/mol. The number of hydrogen-bond acceptors (Lipinski definition) is 4. The Morgan fingerprint density at radius 3 is 1.33 bits per heavy atom. The second-order valence-electron chi connectivity index (χ2n) is 6.75. The lowest BCUT2D eigenvalue weighted by Crippen LogP contribution is -2.45. The minimum Gasteiger partial charge on any atom is -0.413 e. The van der Waals surface area contributed by atoms with Gasteiger partial charge >= 0.3 is 0 Å². The fourth-order valence-corrected chi connectivity index (χ4v) is 6.19. The van der Waals surface area contributed by atoms with Crippen LogP contribution in [-0.4, -0.2) is 39.8 Å². The standard InChI is InChI=1S/C18H28N2O2Si2/c1-7-21-23(3,4)15-9-11-17(19-13-15)18-12-10-16(14-20-18)24(5,6)22-8-2/h9-14H,7-8H2,1-6H3. The van der Waals surface area contributed by atoms with E-state index in [1.807, 2.05) is 38.4 Å². The number of hydrogen-bond donors (Lipinski definition) is 0. The summed E-state index contributed by atoms with van der Waals surface area (Å²) < 4.78 is 11.8. The molecule has 2 heterocycles. The summed E-state index contributed by atoms with van der Waals surface area (Å²) in [5, 5.41) is 2.41. The number of aromatic nitrogens is 2. The van der Waals surface area contributed by atoms with Gasteiger partial charge in [-0.1, -0.05) is 12.1 Å². The lowest BCUT2D eigenvalue weighted by atomic mass is 10.2.